The van der Waals surface area contributed by atoms with E-state index in [0.29, 0.717) is 19.1 Å². The van der Waals surface area contributed by atoms with Gasteiger partial charge in [-0.15, -0.1) is 11.3 Å². The topological polar surface area (TPSA) is 48.9 Å². The normalized spacial score (nSPS) is 17.5. The zero-order chi connectivity index (χ0) is 21.9. The Morgan fingerprint density at radius 2 is 1.78 bits per heavy atom. The summed E-state index contributed by atoms with van der Waals surface area (Å²) in [5.74, 6) is 1.10. The Morgan fingerprint density at radius 1 is 1.06 bits per heavy atom. The second-order valence-corrected chi connectivity index (χ2v) is 9.84. The third-order valence-corrected chi connectivity index (χ3v) is 7.36. The van der Waals surface area contributed by atoms with E-state index < -0.39 is 0 Å². The molecule has 0 atom stereocenters. The van der Waals surface area contributed by atoms with E-state index in [4.69, 9.17) is 9.72 Å². The fourth-order valence-electron chi connectivity index (χ4n) is 4.30. The van der Waals surface area contributed by atoms with Gasteiger partial charge in [-0.05, 0) is 42.7 Å². The minimum atomic E-state index is 0.253. The number of fused-ring (bicyclic) bond motifs is 1. The van der Waals surface area contributed by atoms with Gasteiger partial charge in [0.2, 0.25) is 5.91 Å². The third kappa shape index (κ3) is 5.11. The molecule has 1 saturated heterocycles. The van der Waals surface area contributed by atoms with Gasteiger partial charge in [-0.3, -0.25) is 14.6 Å². The van der Waals surface area contributed by atoms with Gasteiger partial charge in [0.15, 0.2) is 0 Å². The van der Waals surface area contributed by atoms with Crippen LogP contribution in [0.3, 0.4) is 0 Å². The molecule has 0 unspecified atom stereocenters. The number of nitrogens with zero attached hydrogens (tertiary/aromatic N) is 4. The van der Waals surface area contributed by atoms with Crippen LogP contribution in [0.4, 0.5) is 0 Å². The summed E-state index contributed by atoms with van der Waals surface area (Å²) >= 11 is 1.78. The molecule has 5 rings (SSSR count). The van der Waals surface area contributed by atoms with Gasteiger partial charge in [0.25, 0.3) is 0 Å². The molecule has 2 aliphatic rings. The van der Waals surface area contributed by atoms with Crippen molar-refractivity contribution >= 4 is 27.5 Å². The summed E-state index contributed by atoms with van der Waals surface area (Å²) in [6.07, 6.45) is 2.25. The molecule has 2 aromatic carbocycles. The van der Waals surface area contributed by atoms with Crippen molar-refractivity contribution in [2.45, 2.75) is 32.0 Å². The molecule has 1 aliphatic carbocycles. The van der Waals surface area contributed by atoms with E-state index in [1.54, 1.807) is 18.4 Å². The van der Waals surface area contributed by atoms with E-state index in [1.807, 2.05) is 18.2 Å². The highest BCUT2D eigenvalue weighted by molar-refractivity contribution is 7.18. The Kier molecular flexibility index (Phi) is 6.39. The van der Waals surface area contributed by atoms with Gasteiger partial charge in [0.05, 0.1) is 30.4 Å². The molecular weight excluding hydrogens is 420 g/mol. The Balaban J connectivity index is 1.12. The van der Waals surface area contributed by atoms with Gasteiger partial charge < -0.3 is 9.64 Å². The maximum atomic E-state index is 13.1. The number of ether oxygens (including phenoxy) is 1. The highest BCUT2D eigenvalue weighted by atomic mass is 32.1. The van der Waals surface area contributed by atoms with Gasteiger partial charge in [-0.1, -0.05) is 24.3 Å². The molecule has 6 nitrogen and oxygen atoms in total. The molecule has 0 bridgehead atoms. The lowest BCUT2D eigenvalue weighted by Crippen LogP contribution is -2.50. The average Bonchev–Trinajstić information content (AvgIpc) is 3.58. The van der Waals surface area contributed by atoms with Crippen LogP contribution in [0.1, 0.15) is 23.4 Å². The summed E-state index contributed by atoms with van der Waals surface area (Å²) in [7, 11) is 1.67. The van der Waals surface area contributed by atoms with Crippen molar-refractivity contribution in [3.8, 4) is 5.75 Å². The van der Waals surface area contributed by atoms with Crippen LogP contribution >= 0.6 is 11.3 Å². The number of benzene rings is 2. The molecule has 32 heavy (non-hydrogen) atoms. The lowest BCUT2D eigenvalue weighted by atomic mass is 10.2. The largest absolute Gasteiger partial charge is 0.497 e. The summed E-state index contributed by atoms with van der Waals surface area (Å²) in [5, 5.41) is 1.18. The average molecular weight is 451 g/mol. The number of hydrogen-bond donors (Lipinski definition) is 0. The van der Waals surface area contributed by atoms with E-state index >= 15 is 0 Å². The monoisotopic (exact) mass is 450 g/mol. The molecule has 168 valence electrons. The van der Waals surface area contributed by atoms with Crippen molar-refractivity contribution in [2.24, 2.45) is 0 Å². The smallest absolute Gasteiger partial charge is 0.237 e. The standard InChI is InChI=1S/C25H30N4O2S/c1-31-21-10-6-19(7-11-21)16-29(20-8-9-20)25(30)18-28-14-12-27(13-15-28)17-24-26-22-4-2-3-5-23(22)32-24/h2-7,10-11,20H,8-9,12-18H2,1H3. The zero-order valence-electron chi connectivity index (χ0n) is 18.6. The Hall–Kier alpha value is -2.48. The number of aromatic nitrogens is 1. The molecule has 1 aromatic heterocycles. The minimum Gasteiger partial charge on any atom is -0.497 e. The van der Waals surface area contributed by atoms with E-state index in [-0.39, 0.29) is 5.91 Å². The van der Waals surface area contributed by atoms with Crippen LogP contribution in [0.2, 0.25) is 0 Å². The van der Waals surface area contributed by atoms with Crippen molar-refractivity contribution in [1.29, 1.82) is 0 Å². The maximum Gasteiger partial charge on any atom is 0.237 e. The predicted octanol–water partition coefficient (Wildman–Crippen LogP) is 3.61. The quantitative estimate of drug-likeness (QED) is 0.525. The first-order chi connectivity index (χ1) is 15.7. The summed E-state index contributed by atoms with van der Waals surface area (Å²) in [6, 6.07) is 16.8. The number of amides is 1. The van der Waals surface area contributed by atoms with E-state index in [0.717, 1.165) is 62.4 Å². The van der Waals surface area contributed by atoms with Crippen LogP contribution in [0.25, 0.3) is 10.2 Å². The molecular formula is C25H30N4O2S. The third-order valence-electron chi connectivity index (χ3n) is 6.34. The first kappa shape index (κ1) is 21.4. The van der Waals surface area contributed by atoms with E-state index in [1.165, 1.54) is 9.71 Å². The van der Waals surface area contributed by atoms with Crippen molar-refractivity contribution in [3.05, 3.63) is 59.1 Å². The van der Waals surface area contributed by atoms with Crippen LogP contribution in [0, 0.1) is 0 Å². The first-order valence-corrected chi connectivity index (χ1v) is 12.2. The fourth-order valence-corrected chi connectivity index (χ4v) is 5.31. The number of piperazine rings is 1. The molecule has 0 radical (unpaired) electrons. The molecule has 2 fully saturated rings. The van der Waals surface area contributed by atoms with Gasteiger partial charge in [0, 0.05) is 38.8 Å². The summed E-state index contributed by atoms with van der Waals surface area (Å²) in [6.45, 7) is 5.91. The lowest BCUT2D eigenvalue weighted by molar-refractivity contribution is -0.134. The van der Waals surface area contributed by atoms with Gasteiger partial charge >= 0.3 is 0 Å². The molecule has 3 aromatic rings. The minimum absolute atomic E-state index is 0.253. The van der Waals surface area contributed by atoms with Crippen LogP contribution in [-0.4, -0.2) is 71.5 Å². The Bertz CT molecular complexity index is 1020. The van der Waals surface area contributed by atoms with Crippen molar-refractivity contribution in [2.75, 3.05) is 39.8 Å². The fraction of sp³-hybridized carbons (Fsp3) is 0.440. The molecule has 1 amide bonds. The maximum absolute atomic E-state index is 13.1. The highest BCUT2D eigenvalue weighted by Gasteiger charge is 2.33. The molecule has 0 spiro atoms. The van der Waals surface area contributed by atoms with Crippen LogP contribution in [-0.2, 0) is 17.9 Å². The second kappa shape index (κ2) is 9.57. The summed E-state index contributed by atoms with van der Waals surface area (Å²) in [4.78, 5) is 24.7. The number of para-hydroxylation sites is 1. The highest BCUT2D eigenvalue weighted by Crippen LogP contribution is 2.29. The second-order valence-electron chi connectivity index (χ2n) is 8.73. The van der Waals surface area contributed by atoms with E-state index in [2.05, 4.69) is 45.0 Å². The number of methoxy groups -OCH3 is 1. The Labute approximate surface area is 193 Å². The van der Waals surface area contributed by atoms with Crippen molar-refractivity contribution in [1.82, 2.24) is 19.7 Å². The number of thiazole rings is 1. The molecule has 7 heteroatoms. The SMILES string of the molecule is COc1ccc(CN(C(=O)CN2CCN(Cc3nc4ccccc4s3)CC2)C2CC2)cc1. The Morgan fingerprint density at radius 3 is 2.47 bits per heavy atom. The summed E-state index contributed by atoms with van der Waals surface area (Å²) < 4.78 is 6.50. The predicted molar refractivity (Wildman–Crippen MR) is 128 cm³/mol. The number of hydrogen-bond acceptors (Lipinski definition) is 6. The van der Waals surface area contributed by atoms with Crippen molar-refractivity contribution < 1.29 is 9.53 Å². The van der Waals surface area contributed by atoms with Gasteiger partial charge in [0.1, 0.15) is 10.8 Å². The zero-order valence-corrected chi connectivity index (χ0v) is 19.4. The van der Waals surface area contributed by atoms with Crippen LogP contribution in [0.5, 0.6) is 5.75 Å². The van der Waals surface area contributed by atoms with Gasteiger partial charge in [-0.2, -0.15) is 0 Å². The molecule has 0 N–H and O–H groups in total. The number of carbonyl (C=O) groups is 1. The van der Waals surface area contributed by atoms with Crippen LogP contribution in [0.15, 0.2) is 48.5 Å². The van der Waals surface area contributed by atoms with Gasteiger partial charge in [-0.25, -0.2) is 4.98 Å². The van der Waals surface area contributed by atoms with Crippen LogP contribution < -0.4 is 4.74 Å². The lowest BCUT2D eigenvalue weighted by Gasteiger charge is -2.35. The van der Waals surface area contributed by atoms with E-state index in [9.17, 15) is 4.79 Å². The first-order valence-electron chi connectivity index (χ1n) is 11.4. The van der Waals surface area contributed by atoms with Crippen molar-refractivity contribution in [3.63, 3.8) is 0 Å². The summed E-state index contributed by atoms with van der Waals surface area (Å²) in [5.41, 5.74) is 2.25. The molecule has 1 aliphatic heterocycles. The number of carbonyl (C=O) groups excluding carboxylic acids is 1. The number of rotatable bonds is 8. The molecule has 2 heterocycles. The molecule has 1 saturated carbocycles.